The zero-order valence-corrected chi connectivity index (χ0v) is 17.1. The summed E-state index contributed by atoms with van der Waals surface area (Å²) < 4.78 is 16.6. The lowest BCUT2D eigenvalue weighted by Gasteiger charge is -2.08. The van der Waals surface area contributed by atoms with E-state index in [1.54, 1.807) is 67.8 Å². The number of hydrogen-bond donors (Lipinski definition) is 1. The molecule has 1 N–H and O–H groups in total. The van der Waals surface area contributed by atoms with Crippen LogP contribution in [0, 0.1) is 0 Å². The van der Waals surface area contributed by atoms with Gasteiger partial charge in [-0.05, 0) is 72.8 Å². The number of hydrogen-bond acceptors (Lipinski definition) is 5. The van der Waals surface area contributed by atoms with Gasteiger partial charge in [-0.25, -0.2) is 4.79 Å². The quantitative estimate of drug-likeness (QED) is 0.413. The Bertz CT molecular complexity index is 970. The van der Waals surface area contributed by atoms with Crippen molar-refractivity contribution in [1.29, 1.82) is 0 Å². The van der Waals surface area contributed by atoms with Crippen molar-refractivity contribution in [1.82, 2.24) is 0 Å². The first-order chi connectivity index (χ1) is 14.0. The molecule has 0 aliphatic rings. The Balaban J connectivity index is 1.51. The van der Waals surface area contributed by atoms with Gasteiger partial charge in [0.25, 0.3) is 5.91 Å². The maximum absolute atomic E-state index is 12.3. The highest BCUT2D eigenvalue weighted by Gasteiger charge is 2.09. The summed E-state index contributed by atoms with van der Waals surface area (Å²) in [4.78, 5) is 24.2. The molecule has 0 aromatic heterocycles. The van der Waals surface area contributed by atoms with E-state index in [4.69, 9.17) is 14.2 Å². The van der Waals surface area contributed by atoms with Crippen LogP contribution in [0.5, 0.6) is 17.2 Å². The van der Waals surface area contributed by atoms with Crippen molar-refractivity contribution in [3.05, 3.63) is 82.8 Å². The molecule has 0 heterocycles. The van der Waals surface area contributed by atoms with Crippen molar-refractivity contribution in [3.8, 4) is 17.2 Å². The van der Waals surface area contributed by atoms with E-state index < -0.39 is 5.97 Å². The van der Waals surface area contributed by atoms with Crippen molar-refractivity contribution in [2.45, 2.75) is 0 Å². The molecule has 0 unspecified atom stereocenters. The first-order valence-electron chi connectivity index (χ1n) is 8.68. The van der Waals surface area contributed by atoms with Crippen molar-refractivity contribution in [2.24, 2.45) is 0 Å². The minimum atomic E-state index is -0.539. The van der Waals surface area contributed by atoms with Crippen molar-refractivity contribution < 1.29 is 23.8 Å². The highest BCUT2D eigenvalue weighted by Crippen LogP contribution is 2.18. The van der Waals surface area contributed by atoms with Crippen molar-refractivity contribution in [2.75, 3.05) is 19.0 Å². The Hall–Kier alpha value is -3.32. The van der Waals surface area contributed by atoms with Crippen LogP contribution in [0.2, 0.25) is 0 Å². The molecule has 0 radical (unpaired) electrons. The summed E-state index contributed by atoms with van der Waals surface area (Å²) in [6.07, 6.45) is 0. The lowest BCUT2D eigenvalue weighted by Crippen LogP contribution is -2.18. The van der Waals surface area contributed by atoms with Crippen LogP contribution < -0.4 is 19.5 Å². The van der Waals surface area contributed by atoms with E-state index in [0.29, 0.717) is 28.5 Å². The average molecular weight is 456 g/mol. The number of esters is 1. The Kier molecular flexibility index (Phi) is 6.86. The average Bonchev–Trinajstić information content (AvgIpc) is 2.74. The molecule has 6 nitrogen and oxygen atoms in total. The van der Waals surface area contributed by atoms with Crippen LogP contribution in [0.4, 0.5) is 5.69 Å². The number of benzene rings is 3. The fourth-order valence-electron chi connectivity index (χ4n) is 2.39. The van der Waals surface area contributed by atoms with Crippen LogP contribution in [-0.4, -0.2) is 25.6 Å². The molecule has 0 bridgehead atoms. The third-order valence-electron chi connectivity index (χ3n) is 3.87. The van der Waals surface area contributed by atoms with E-state index in [2.05, 4.69) is 21.2 Å². The fraction of sp³-hybridized carbons (Fsp3) is 0.0909. The molecular weight excluding hydrogens is 438 g/mol. The van der Waals surface area contributed by atoms with E-state index in [1.807, 2.05) is 12.1 Å². The van der Waals surface area contributed by atoms with Gasteiger partial charge < -0.3 is 19.5 Å². The zero-order chi connectivity index (χ0) is 20.6. The molecule has 29 heavy (non-hydrogen) atoms. The number of anilines is 1. The molecule has 0 fully saturated rings. The number of carbonyl (C=O) groups is 2. The third-order valence-corrected chi connectivity index (χ3v) is 4.40. The van der Waals surface area contributed by atoms with Crippen LogP contribution in [0.3, 0.4) is 0 Å². The van der Waals surface area contributed by atoms with Crippen LogP contribution in [0.1, 0.15) is 10.4 Å². The summed E-state index contributed by atoms with van der Waals surface area (Å²) in [6.45, 7) is -0.221. The summed E-state index contributed by atoms with van der Waals surface area (Å²) in [7, 11) is 1.58. The van der Waals surface area contributed by atoms with Gasteiger partial charge in [0.1, 0.15) is 17.2 Å². The van der Waals surface area contributed by atoms with E-state index in [1.165, 1.54) is 0 Å². The van der Waals surface area contributed by atoms with Crippen molar-refractivity contribution in [3.63, 3.8) is 0 Å². The highest BCUT2D eigenvalue weighted by molar-refractivity contribution is 9.10. The summed E-state index contributed by atoms with van der Waals surface area (Å²) in [6, 6.07) is 20.4. The standard InChI is InChI=1S/C22H18BrNO5/c1-27-18-12-6-17(7-13-18)24-22(26)15-2-8-20(9-3-15)29-21(25)14-28-19-10-4-16(23)5-11-19/h2-13H,14H2,1H3,(H,24,26). The van der Waals surface area contributed by atoms with Gasteiger partial charge in [-0.3, -0.25) is 4.79 Å². The number of methoxy groups -OCH3 is 1. The number of halogens is 1. The van der Waals surface area contributed by atoms with Crippen molar-refractivity contribution >= 4 is 33.5 Å². The van der Waals surface area contributed by atoms with Gasteiger partial charge in [0.05, 0.1) is 7.11 Å². The van der Waals surface area contributed by atoms with Gasteiger partial charge in [0.2, 0.25) is 0 Å². The topological polar surface area (TPSA) is 73.9 Å². The summed E-state index contributed by atoms with van der Waals surface area (Å²) in [5.41, 5.74) is 1.09. The maximum Gasteiger partial charge on any atom is 0.349 e. The lowest BCUT2D eigenvalue weighted by molar-refractivity contribution is -0.136. The van der Waals surface area contributed by atoms with Crippen LogP contribution in [0.15, 0.2) is 77.3 Å². The molecule has 7 heteroatoms. The maximum atomic E-state index is 12.3. The first kappa shape index (κ1) is 20.4. The van der Waals surface area contributed by atoms with Crippen LogP contribution in [-0.2, 0) is 4.79 Å². The highest BCUT2D eigenvalue weighted by atomic mass is 79.9. The van der Waals surface area contributed by atoms with Gasteiger partial charge in [0, 0.05) is 15.7 Å². The van der Waals surface area contributed by atoms with Crippen LogP contribution in [0.25, 0.3) is 0 Å². The molecule has 0 spiro atoms. The summed E-state index contributed by atoms with van der Waals surface area (Å²) >= 11 is 3.33. The molecular formula is C22H18BrNO5. The van der Waals surface area contributed by atoms with Gasteiger partial charge in [-0.1, -0.05) is 15.9 Å². The number of nitrogens with one attached hydrogen (secondary N) is 1. The van der Waals surface area contributed by atoms with E-state index in [9.17, 15) is 9.59 Å². The number of carbonyl (C=O) groups excluding carboxylic acids is 2. The molecule has 1 amide bonds. The Labute approximate surface area is 176 Å². The third kappa shape index (κ3) is 6.08. The molecule has 0 saturated heterocycles. The molecule has 0 aliphatic carbocycles. The predicted octanol–water partition coefficient (Wildman–Crippen LogP) is 4.69. The Morgan fingerprint density at radius 2 is 1.41 bits per heavy atom. The molecule has 0 atom stereocenters. The smallest absolute Gasteiger partial charge is 0.349 e. The van der Waals surface area contributed by atoms with Gasteiger partial charge in [-0.2, -0.15) is 0 Å². The molecule has 3 aromatic carbocycles. The summed E-state index contributed by atoms with van der Waals surface area (Å²) in [5.74, 6) is 0.791. The summed E-state index contributed by atoms with van der Waals surface area (Å²) in [5, 5.41) is 2.79. The number of amides is 1. The minimum absolute atomic E-state index is 0.221. The lowest BCUT2D eigenvalue weighted by atomic mass is 10.2. The first-order valence-corrected chi connectivity index (χ1v) is 9.47. The fourth-order valence-corrected chi connectivity index (χ4v) is 2.65. The molecule has 0 aliphatic heterocycles. The van der Waals surface area contributed by atoms with Gasteiger partial charge >= 0.3 is 5.97 Å². The number of rotatable bonds is 7. The molecule has 0 saturated carbocycles. The van der Waals surface area contributed by atoms with Crippen LogP contribution >= 0.6 is 15.9 Å². The van der Waals surface area contributed by atoms with Gasteiger partial charge in [-0.15, -0.1) is 0 Å². The predicted molar refractivity (Wildman–Crippen MR) is 113 cm³/mol. The second kappa shape index (κ2) is 9.75. The molecule has 3 aromatic rings. The molecule has 148 valence electrons. The monoisotopic (exact) mass is 455 g/mol. The minimum Gasteiger partial charge on any atom is -0.497 e. The Morgan fingerprint density at radius 1 is 0.828 bits per heavy atom. The van der Waals surface area contributed by atoms with E-state index in [-0.39, 0.29) is 12.5 Å². The molecule has 3 rings (SSSR count). The van der Waals surface area contributed by atoms with E-state index >= 15 is 0 Å². The Morgan fingerprint density at radius 3 is 2.03 bits per heavy atom. The normalized spacial score (nSPS) is 10.1. The second-order valence-electron chi connectivity index (χ2n) is 5.92. The van der Waals surface area contributed by atoms with Gasteiger partial charge in [0.15, 0.2) is 6.61 Å². The SMILES string of the molecule is COc1ccc(NC(=O)c2ccc(OC(=O)COc3ccc(Br)cc3)cc2)cc1. The second-order valence-corrected chi connectivity index (χ2v) is 6.84. The number of ether oxygens (including phenoxy) is 3. The zero-order valence-electron chi connectivity index (χ0n) is 15.6. The van der Waals surface area contributed by atoms with E-state index in [0.717, 1.165) is 4.47 Å². The largest absolute Gasteiger partial charge is 0.497 e.